The van der Waals surface area contributed by atoms with Crippen molar-refractivity contribution in [1.82, 2.24) is 10.2 Å². The van der Waals surface area contributed by atoms with Gasteiger partial charge in [-0.25, -0.2) is 0 Å². The van der Waals surface area contributed by atoms with E-state index in [-0.39, 0.29) is 29.8 Å². The summed E-state index contributed by atoms with van der Waals surface area (Å²) in [7, 11) is 0. The maximum atomic E-state index is 12.0. The summed E-state index contributed by atoms with van der Waals surface area (Å²) in [5.74, 6) is 0.205. The Morgan fingerprint density at radius 2 is 2.20 bits per heavy atom. The maximum absolute atomic E-state index is 12.0. The number of nitrogens with zero attached hydrogens (tertiary/aromatic N) is 1. The third-order valence-electron chi connectivity index (χ3n) is 2.90. The summed E-state index contributed by atoms with van der Waals surface area (Å²) in [6, 6.07) is 7.49. The molecule has 20 heavy (non-hydrogen) atoms. The lowest BCUT2D eigenvalue weighted by molar-refractivity contribution is -0.134. The Bertz CT molecular complexity index is 522. The average molecular weight is 313 g/mol. The first-order valence-corrected chi connectivity index (χ1v) is 7.86. The number of carbonyl (C=O) groups excluding carboxylic acids is 2. The number of rotatable bonds is 4. The number of hydrogen-bond donors (Lipinski definition) is 1. The van der Waals surface area contributed by atoms with Gasteiger partial charge in [0.25, 0.3) is 0 Å². The highest BCUT2D eigenvalue weighted by atomic mass is 35.5. The van der Waals surface area contributed by atoms with Gasteiger partial charge in [-0.15, -0.1) is 11.8 Å². The molecule has 1 fully saturated rings. The van der Waals surface area contributed by atoms with Crippen LogP contribution in [0.15, 0.2) is 24.3 Å². The molecule has 108 valence electrons. The van der Waals surface area contributed by atoms with Crippen LogP contribution in [-0.2, 0) is 9.59 Å². The molecule has 0 saturated carbocycles. The van der Waals surface area contributed by atoms with E-state index < -0.39 is 0 Å². The van der Waals surface area contributed by atoms with Crippen LogP contribution in [0.3, 0.4) is 0 Å². The Hall–Kier alpha value is -1.20. The topological polar surface area (TPSA) is 49.4 Å². The van der Waals surface area contributed by atoms with E-state index in [1.807, 2.05) is 32.0 Å². The predicted octanol–water partition coefficient (Wildman–Crippen LogP) is 2.44. The molecule has 1 heterocycles. The van der Waals surface area contributed by atoms with Crippen LogP contribution >= 0.6 is 23.4 Å². The van der Waals surface area contributed by atoms with Crippen LogP contribution in [0.25, 0.3) is 0 Å². The zero-order valence-corrected chi connectivity index (χ0v) is 13.0. The van der Waals surface area contributed by atoms with Crippen LogP contribution < -0.4 is 5.32 Å². The SMILES string of the molecule is CC(C)NC(=O)CN1C(=O)CSC1c1ccccc1Cl. The van der Waals surface area contributed by atoms with Gasteiger partial charge >= 0.3 is 0 Å². The molecule has 1 atom stereocenters. The summed E-state index contributed by atoms with van der Waals surface area (Å²) < 4.78 is 0. The van der Waals surface area contributed by atoms with Crippen molar-refractivity contribution in [2.45, 2.75) is 25.3 Å². The molecule has 1 saturated heterocycles. The maximum Gasteiger partial charge on any atom is 0.239 e. The number of hydrogen-bond acceptors (Lipinski definition) is 3. The number of benzene rings is 1. The van der Waals surface area contributed by atoms with Crippen molar-refractivity contribution in [2.75, 3.05) is 12.3 Å². The van der Waals surface area contributed by atoms with Crippen molar-refractivity contribution in [2.24, 2.45) is 0 Å². The molecule has 0 aliphatic carbocycles. The van der Waals surface area contributed by atoms with Crippen LogP contribution in [0.4, 0.5) is 0 Å². The van der Waals surface area contributed by atoms with Crippen molar-refractivity contribution >= 4 is 35.2 Å². The van der Waals surface area contributed by atoms with Crippen LogP contribution in [0, 0.1) is 0 Å². The minimum Gasteiger partial charge on any atom is -0.352 e. The van der Waals surface area contributed by atoms with Gasteiger partial charge in [0.1, 0.15) is 11.9 Å². The molecule has 4 nitrogen and oxygen atoms in total. The quantitative estimate of drug-likeness (QED) is 0.929. The fourth-order valence-electron chi connectivity index (χ4n) is 2.08. The Balaban J connectivity index is 2.15. The second-order valence-corrected chi connectivity index (χ2v) is 6.40. The molecule has 1 aliphatic rings. The van der Waals surface area contributed by atoms with Gasteiger partial charge in [-0.1, -0.05) is 29.8 Å². The van der Waals surface area contributed by atoms with Gasteiger partial charge in [-0.3, -0.25) is 9.59 Å². The molecule has 1 aromatic carbocycles. The number of carbonyl (C=O) groups is 2. The molecule has 1 unspecified atom stereocenters. The van der Waals surface area contributed by atoms with Crippen molar-refractivity contribution in [3.63, 3.8) is 0 Å². The summed E-state index contributed by atoms with van der Waals surface area (Å²) in [5, 5.41) is 3.24. The molecule has 2 rings (SSSR count). The minimum atomic E-state index is -0.186. The normalized spacial score (nSPS) is 18.7. The Morgan fingerprint density at radius 3 is 2.85 bits per heavy atom. The second-order valence-electron chi connectivity index (χ2n) is 4.93. The smallest absolute Gasteiger partial charge is 0.239 e. The third-order valence-corrected chi connectivity index (χ3v) is 4.48. The zero-order chi connectivity index (χ0) is 14.7. The van der Waals surface area contributed by atoms with Gasteiger partial charge in [-0.05, 0) is 19.9 Å². The van der Waals surface area contributed by atoms with Gasteiger partial charge < -0.3 is 10.2 Å². The highest BCUT2D eigenvalue weighted by molar-refractivity contribution is 8.00. The van der Waals surface area contributed by atoms with Crippen molar-refractivity contribution in [3.05, 3.63) is 34.9 Å². The fraction of sp³-hybridized carbons (Fsp3) is 0.429. The molecule has 0 spiro atoms. The van der Waals surface area contributed by atoms with E-state index in [1.165, 1.54) is 11.8 Å². The van der Waals surface area contributed by atoms with E-state index in [9.17, 15) is 9.59 Å². The Morgan fingerprint density at radius 1 is 1.50 bits per heavy atom. The van der Waals surface area contributed by atoms with E-state index >= 15 is 0 Å². The largest absolute Gasteiger partial charge is 0.352 e. The number of amides is 2. The number of thioether (sulfide) groups is 1. The summed E-state index contributed by atoms with van der Waals surface area (Å²) in [5.41, 5.74) is 0.877. The van der Waals surface area contributed by atoms with E-state index in [0.717, 1.165) is 5.56 Å². The summed E-state index contributed by atoms with van der Waals surface area (Å²) >= 11 is 7.68. The lowest BCUT2D eigenvalue weighted by Crippen LogP contribution is -2.41. The van der Waals surface area contributed by atoms with E-state index in [1.54, 1.807) is 11.0 Å². The molecular weight excluding hydrogens is 296 g/mol. The van der Waals surface area contributed by atoms with Gasteiger partial charge in [-0.2, -0.15) is 0 Å². The van der Waals surface area contributed by atoms with Gasteiger partial charge in [0.05, 0.1) is 5.75 Å². The van der Waals surface area contributed by atoms with E-state index in [4.69, 9.17) is 11.6 Å². The molecular formula is C14H17ClN2O2S. The van der Waals surface area contributed by atoms with Gasteiger partial charge in [0, 0.05) is 16.6 Å². The lowest BCUT2D eigenvalue weighted by atomic mass is 10.2. The Labute approximate surface area is 127 Å². The third kappa shape index (κ3) is 3.46. The molecule has 1 aliphatic heterocycles. The molecule has 0 aromatic heterocycles. The number of nitrogens with one attached hydrogen (secondary N) is 1. The molecule has 0 radical (unpaired) electrons. The minimum absolute atomic E-state index is 0.0289. The van der Waals surface area contributed by atoms with Crippen molar-refractivity contribution in [1.29, 1.82) is 0 Å². The molecule has 6 heteroatoms. The molecule has 2 amide bonds. The van der Waals surface area contributed by atoms with Crippen LogP contribution in [0.1, 0.15) is 24.8 Å². The first-order chi connectivity index (χ1) is 9.49. The van der Waals surface area contributed by atoms with Gasteiger partial charge in [0.2, 0.25) is 11.8 Å². The highest BCUT2D eigenvalue weighted by Crippen LogP contribution is 2.40. The van der Waals surface area contributed by atoms with Crippen LogP contribution in [0.2, 0.25) is 5.02 Å². The summed E-state index contributed by atoms with van der Waals surface area (Å²) in [6.45, 7) is 3.86. The van der Waals surface area contributed by atoms with Crippen molar-refractivity contribution in [3.8, 4) is 0 Å². The first-order valence-electron chi connectivity index (χ1n) is 6.44. The zero-order valence-electron chi connectivity index (χ0n) is 11.4. The standard InChI is InChI=1S/C14H17ClN2O2S/c1-9(2)16-12(18)7-17-13(19)8-20-14(17)10-5-3-4-6-11(10)15/h3-6,9,14H,7-8H2,1-2H3,(H,16,18). The van der Waals surface area contributed by atoms with Gasteiger partial charge in [0.15, 0.2) is 0 Å². The van der Waals surface area contributed by atoms with E-state index in [0.29, 0.717) is 10.8 Å². The van der Waals surface area contributed by atoms with E-state index in [2.05, 4.69) is 5.32 Å². The monoisotopic (exact) mass is 312 g/mol. The van der Waals surface area contributed by atoms with Crippen LogP contribution in [-0.4, -0.2) is 35.1 Å². The van der Waals surface area contributed by atoms with Crippen molar-refractivity contribution < 1.29 is 9.59 Å². The molecule has 1 aromatic rings. The fourth-order valence-corrected chi connectivity index (χ4v) is 3.61. The summed E-state index contributed by atoms with van der Waals surface area (Å²) in [6.07, 6.45) is 0. The first kappa shape index (κ1) is 15.2. The Kier molecular flexibility index (Phi) is 4.94. The average Bonchev–Trinajstić information content (AvgIpc) is 2.71. The predicted molar refractivity (Wildman–Crippen MR) is 81.6 cm³/mol. The number of halogens is 1. The highest BCUT2D eigenvalue weighted by Gasteiger charge is 2.35. The second kappa shape index (κ2) is 6.50. The lowest BCUT2D eigenvalue weighted by Gasteiger charge is -2.24. The molecule has 0 bridgehead atoms. The summed E-state index contributed by atoms with van der Waals surface area (Å²) in [4.78, 5) is 25.4. The molecule has 1 N–H and O–H groups in total. The van der Waals surface area contributed by atoms with Crippen LogP contribution in [0.5, 0.6) is 0 Å².